The Morgan fingerprint density at radius 3 is 2.75 bits per heavy atom. The molecule has 1 heterocycles. The smallest absolute Gasteiger partial charge is 0.239 e. The van der Waals surface area contributed by atoms with Gasteiger partial charge in [-0.2, -0.15) is 5.10 Å². The van der Waals surface area contributed by atoms with Gasteiger partial charge in [-0.25, -0.2) is 0 Å². The lowest BCUT2D eigenvalue weighted by molar-refractivity contribution is -0.118. The third-order valence-corrected chi connectivity index (χ3v) is 3.02. The van der Waals surface area contributed by atoms with Gasteiger partial charge >= 0.3 is 0 Å². The molecule has 5 heteroatoms. The Bertz CT molecular complexity index is 442. The van der Waals surface area contributed by atoms with Gasteiger partial charge in [0.15, 0.2) is 5.17 Å². The molecule has 1 aliphatic heterocycles. The zero-order chi connectivity index (χ0) is 11.4. The third-order valence-electron chi connectivity index (χ3n) is 2.04. The van der Waals surface area contributed by atoms with Crippen LogP contribution in [0.4, 0.5) is 0 Å². The number of nitrogens with one attached hydrogen (secondary N) is 1. The van der Waals surface area contributed by atoms with Gasteiger partial charge in [0, 0.05) is 0 Å². The Morgan fingerprint density at radius 1 is 1.38 bits per heavy atom. The number of rotatable bonds is 2. The zero-order valence-corrected chi connectivity index (χ0v) is 9.57. The molecule has 1 saturated heterocycles. The van der Waals surface area contributed by atoms with Crippen LogP contribution >= 0.6 is 11.8 Å². The fraction of sp³-hybridized carbons (Fsp3) is 0.182. The van der Waals surface area contributed by atoms with Gasteiger partial charge in [-0.15, -0.1) is 5.10 Å². The Balaban J connectivity index is 2.00. The Labute approximate surface area is 97.8 Å². The molecule has 4 nitrogen and oxygen atoms in total. The molecule has 1 aromatic rings. The van der Waals surface area contributed by atoms with Gasteiger partial charge in [-0.1, -0.05) is 42.1 Å². The molecular formula is C11H11N3OS. The number of amides is 1. The van der Waals surface area contributed by atoms with Gasteiger partial charge in [0.2, 0.25) is 5.91 Å². The second kappa shape index (κ2) is 4.94. The predicted octanol–water partition coefficient (Wildman–Crippen LogP) is 1.63. The number of amidine groups is 1. The second-order valence-corrected chi connectivity index (χ2v) is 4.64. The van der Waals surface area contributed by atoms with Gasteiger partial charge in [-0.05, 0) is 12.5 Å². The molecule has 82 valence electrons. The first kappa shape index (κ1) is 10.9. The number of hydrogen-bond donors (Lipinski definition) is 1. The van der Waals surface area contributed by atoms with Crippen LogP contribution in [0.5, 0.6) is 0 Å². The minimum atomic E-state index is -0.0781. The van der Waals surface area contributed by atoms with Gasteiger partial charge in [0.05, 0.1) is 11.5 Å². The van der Waals surface area contributed by atoms with Crippen molar-refractivity contribution in [1.29, 1.82) is 0 Å². The summed E-state index contributed by atoms with van der Waals surface area (Å²) in [5.74, 6) is -0.0151. The molecule has 1 aliphatic rings. The molecule has 2 rings (SSSR count). The van der Waals surface area contributed by atoms with Crippen molar-refractivity contribution in [2.24, 2.45) is 10.2 Å². The van der Waals surface area contributed by atoms with E-state index in [1.165, 1.54) is 11.8 Å². The zero-order valence-electron chi connectivity index (χ0n) is 8.75. The molecule has 1 fully saturated rings. The largest absolute Gasteiger partial charge is 0.303 e. The van der Waals surface area contributed by atoms with Crippen molar-refractivity contribution >= 4 is 29.1 Å². The van der Waals surface area contributed by atoms with Crippen molar-refractivity contribution < 1.29 is 4.79 Å². The number of carbonyl (C=O) groups excluding carboxylic acids is 1. The lowest BCUT2D eigenvalue weighted by Crippen LogP contribution is -2.23. The highest BCUT2D eigenvalue weighted by Crippen LogP contribution is 2.18. The van der Waals surface area contributed by atoms with Crippen LogP contribution in [-0.2, 0) is 4.79 Å². The van der Waals surface area contributed by atoms with Crippen molar-refractivity contribution in [2.45, 2.75) is 12.2 Å². The lowest BCUT2D eigenvalue weighted by atomic mass is 10.2. The van der Waals surface area contributed by atoms with Crippen molar-refractivity contribution in [3.8, 4) is 0 Å². The summed E-state index contributed by atoms with van der Waals surface area (Å²) < 4.78 is 0. The summed E-state index contributed by atoms with van der Waals surface area (Å²) >= 11 is 1.38. The highest BCUT2D eigenvalue weighted by Gasteiger charge is 2.25. The van der Waals surface area contributed by atoms with Crippen LogP contribution in [-0.4, -0.2) is 22.5 Å². The van der Waals surface area contributed by atoms with Crippen LogP contribution in [0.15, 0.2) is 40.5 Å². The van der Waals surface area contributed by atoms with Gasteiger partial charge < -0.3 is 5.32 Å². The summed E-state index contributed by atoms with van der Waals surface area (Å²) in [4.78, 5) is 11.2. The van der Waals surface area contributed by atoms with E-state index in [0.29, 0.717) is 5.17 Å². The molecule has 1 atom stereocenters. The van der Waals surface area contributed by atoms with E-state index in [9.17, 15) is 4.79 Å². The first-order chi connectivity index (χ1) is 7.75. The minimum absolute atomic E-state index is 0.0151. The van der Waals surface area contributed by atoms with E-state index in [0.717, 1.165) is 5.56 Å². The maximum atomic E-state index is 11.2. The van der Waals surface area contributed by atoms with E-state index in [4.69, 9.17) is 0 Å². The number of thioether (sulfide) groups is 1. The molecule has 0 aliphatic carbocycles. The van der Waals surface area contributed by atoms with Crippen LogP contribution < -0.4 is 5.32 Å². The van der Waals surface area contributed by atoms with E-state index < -0.39 is 0 Å². The van der Waals surface area contributed by atoms with E-state index in [-0.39, 0.29) is 11.2 Å². The maximum absolute atomic E-state index is 11.2. The number of hydrogen-bond acceptors (Lipinski definition) is 4. The fourth-order valence-corrected chi connectivity index (χ4v) is 1.95. The Hall–Kier alpha value is -1.62. The summed E-state index contributed by atoms with van der Waals surface area (Å²) in [6.07, 6.45) is 1.66. The summed E-state index contributed by atoms with van der Waals surface area (Å²) in [5.41, 5.74) is 0.981. The highest BCUT2D eigenvalue weighted by atomic mass is 32.2. The van der Waals surface area contributed by atoms with Gasteiger partial charge in [0.1, 0.15) is 0 Å². The number of nitrogens with zero attached hydrogens (tertiary/aromatic N) is 2. The fourth-order valence-electron chi connectivity index (χ4n) is 1.19. The average molecular weight is 233 g/mol. The maximum Gasteiger partial charge on any atom is 0.239 e. The normalized spacial score (nSPS) is 22.9. The summed E-state index contributed by atoms with van der Waals surface area (Å²) in [6.45, 7) is 1.84. The van der Waals surface area contributed by atoms with Crippen molar-refractivity contribution in [1.82, 2.24) is 5.32 Å². The molecule has 0 bridgehead atoms. The molecule has 0 spiro atoms. The van der Waals surface area contributed by atoms with Crippen LogP contribution in [0.25, 0.3) is 0 Å². The molecule has 0 radical (unpaired) electrons. The monoisotopic (exact) mass is 233 g/mol. The minimum Gasteiger partial charge on any atom is -0.303 e. The quantitative estimate of drug-likeness (QED) is 0.623. The molecule has 16 heavy (non-hydrogen) atoms. The van der Waals surface area contributed by atoms with E-state index in [1.54, 1.807) is 6.21 Å². The van der Waals surface area contributed by atoms with Gasteiger partial charge in [-0.3, -0.25) is 4.79 Å². The Morgan fingerprint density at radius 2 is 2.12 bits per heavy atom. The molecule has 1 amide bonds. The van der Waals surface area contributed by atoms with Crippen molar-refractivity contribution in [3.63, 3.8) is 0 Å². The standard InChI is InChI=1S/C11H11N3OS/c1-8-10(15)13-11(16-8)14-12-7-9-5-3-2-4-6-9/h2-8H,1H3,(H,13,14,15)/b12-7-/t8-/m0/s1. The van der Waals surface area contributed by atoms with E-state index in [1.807, 2.05) is 37.3 Å². The van der Waals surface area contributed by atoms with E-state index >= 15 is 0 Å². The predicted molar refractivity (Wildman–Crippen MR) is 66.7 cm³/mol. The molecule has 1 N–H and O–H groups in total. The topological polar surface area (TPSA) is 53.8 Å². The summed E-state index contributed by atoms with van der Waals surface area (Å²) in [6, 6.07) is 9.68. The lowest BCUT2D eigenvalue weighted by Gasteiger charge is -1.90. The second-order valence-electron chi connectivity index (χ2n) is 3.31. The van der Waals surface area contributed by atoms with E-state index in [2.05, 4.69) is 15.5 Å². The van der Waals surface area contributed by atoms with Crippen molar-refractivity contribution in [2.75, 3.05) is 0 Å². The first-order valence-electron chi connectivity index (χ1n) is 4.89. The molecule has 0 unspecified atom stereocenters. The van der Waals surface area contributed by atoms with Crippen LogP contribution in [0.3, 0.4) is 0 Å². The van der Waals surface area contributed by atoms with Crippen molar-refractivity contribution in [3.05, 3.63) is 35.9 Å². The Kier molecular flexibility index (Phi) is 3.36. The highest BCUT2D eigenvalue weighted by molar-refractivity contribution is 8.15. The molecule has 1 aromatic carbocycles. The van der Waals surface area contributed by atoms with Gasteiger partial charge in [0.25, 0.3) is 0 Å². The van der Waals surface area contributed by atoms with Crippen LogP contribution in [0.1, 0.15) is 12.5 Å². The summed E-state index contributed by atoms with van der Waals surface area (Å²) in [7, 11) is 0. The van der Waals surface area contributed by atoms with Crippen LogP contribution in [0, 0.1) is 0 Å². The molecule has 0 saturated carbocycles. The summed E-state index contributed by atoms with van der Waals surface area (Å²) in [5, 5.41) is 11.0. The third kappa shape index (κ3) is 2.70. The molecular weight excluding hydrogens is 222 g/mol. The first-order valence-corrected chi connectivity index (χ1v) is 5.77. The number of benzene rings is 1. The SMILES string of the molecule is C[C@@H]1S/C(=N/N=C\c2ccccc2)NC1=O. The average Bonchev–Trinajstić information content (AvgIpc) is 2.60. The molecule has 0 aromatic heterocycles. The van der Waals surface area contributed by atoms with Crippen LogP contribution in [0.2, 0.25) is 0 Å². The number of carbonyl (C=O) groups is 1.